The van der Waals surface area contributed by atoms with Crippen LogP contribution in [0.3, 0.4) is 0 Å². The van der Waals surface area contributed by atoms with E-state index in [1.54, 1.807) is 19.1 Å². The van der Waals surface area contributed by atoms with Crippen LogP contribution in [0, 0.1) is 17.5 Å². The zero-order valence-electron chi connectivity index (χ0n) is 21.9. The average molecular weight is 584 g/mol. The van der Waals surface area contributed by atoms with Crippen molar-refractivity contribution >= 4 is 26.7 Å². The monoisotopic (exact) mass is 583 g/mol. The molecule has 2 aromatic heterocycles. The van der Waals surface area contributed by atoms with E-state index < -0.39 is 45.0 Å². The van der Waals surface area contributed by atoms with Crippen LogP contribution in [-0.4, -0.2) is 40.5 Å². The normalized spacial score (nSPS) is 12.5. The Morgan fingerprint density at radius 3 is 2.61 bits per heavy atom. The number of aromatic nitrogens is 3. The summed E-state index contributed by atoms with van der Waals surface area (Å²) in [4.78, 5) is 13.3. The van der Waals surface area contributed by atoms with Gasteiger partial charge in [0.1, 0.15) is 22.3 Å². The van der Waals surface area contributed by atoms with E-state index in [-0.39, 0.29) is 56.8 Å². The molecule has 2 N–H and O–H groups in total. The Bertz CT molecular complexity index is 1900. The highest BCUT2D eigenvalue weighted by molar-refractivity contribution is 7.91. The second kappa shape index (κ2) is 10.8. The number of aryl methyl sites for hydroxylation is 1. The van der Waals surface area contributed by atoms with E-state index in [1.165, 1.54) is 47.4 Å². The van der Waals surface area contributed by atoms with Gasteiger partial charge in [-0.3, -0.25) is 9.48 Å². The van der Waals surface area contributed by atoms with Gasteiger partial charge < -0.3 is 14.8 Å². The minimum absolute atomic E-state index is 0.00633. The number of aromatic amines is 1. The Labute approximate surface area is 232 Å². The summed E-state index contributed by atoms with van der Waals surface area (Å²) in [5, 5.41) is 13.6. The molecule has 0 aliphatic rings. The van der Waals surface area contributed by atoms with Crippen molar-refractivity contribution in [3.8, 4) is 22.8 Å². The number of H-pyrrole nitrogens is 1. The van der Waals surface area contributed by atoms with Crippen molar-refractivity contribution in [1.29, 1.82) is 0 Å². The van der Waals surface area contributed by atoms with E-state index >= 15 is 8.78 Å². The third-order valence-corrected chi connectivity index (χ3v) is 7.84. The summed E-state index contributed by atoms with van der Waals surface area (Å²) in [7, 11) is -3.92. The van der Waals surface area contributed by atoms with Crippen molar-refractivity contribution in [2.75, 3.05) is 6.26 Å². The predicted molar refractivity (Wildman–Crippen MR) is 145 cm³/mol. The van der Waals surface area contributed by atoms with Crippen molar-refractivity contribution in [1.82, 2.24) is 14.8 Å². The quantitative estimate of drug-likeness (QED) is 0.211. The Morgan fingerprint density at radius 1 is 1.10 bits per heavy atom. The van der Waals surface area contributed by atoms with Crippen LogP contribution in [0.5, 0.6) is 11.5 Å². The van der Waals surface area contributed by atoms with Gasteiger partial charge in [0.2, 0.25) is 0 Å². The highest BCUT2D eigenvalue weighted by Crippen LogP contribution is 2.38. The van der Waals surface area contributed by atoms with Crippen LogP contribution >= 0.6 is 0 Å². The van der Waals surface area contributed by atoms with Crippen LogP contribution < -0.4 is 4.74 Å². The lowest BCUT2D eigenvalue weighted by atomic mass is 10.0. The van der Waals surface area contributed by atoms with Crippen molar-refractivity contribution in [3.63, 3.8) is 0 Å². The Hall–Kier alpha value is -4.58. The summed E-state index contributed by atoms with van der Waals surface area (Å²) >= 11 is 0. The molecular weight excluding hydrogens is 559 g/mol. The number of ether oxygens (including phenoxy) is 1. The lowest BCUT2D eigenvalue weighted by Gasteiger charge is -2.16. The average Bonchev–Trinajstić information content (AvgIpc) is 3.58. The molecule has 212 valence electrons. The van der Waals surface area contributed by atoms with Crippen molar-refractivity contribution in [3.05, 3.63) is 95.6 Å². The summed E-state index contributed by atoms with van der Waals surface area (Å²) < 4.78 is 77.3. The highest BCUT2D eigenvalue weighted by Gasteiger charge is 2.25. The number of sulfone groups is 1. The van der Waals surface area contributed by atoms with Gasteiger partial charge >= 0.3 is 5.97 Å². The molecular formula is C29H24F3N3O5S. The van der Waals surface area contributed by atoms with Crippen LogP contribution in [0.25, 0.3) is 22.2 Å². The summed E-state index contributed by atoms with van der Waals surface area (Å²) in [6, 6.07) is 11.8. The molecule has 5 rings (SSSR count). The van der Waals surface area contributed by atoms with E-state index in [4.69, 9.17) is 9.84 Å². The van der Waals surface area contributed by atoms with Crippen LogP contribution in [0.15, 0.2) is 71.9 Å². The number of aliphatic carboxylic acids is 1. The lowest BCUT2D eigenvalue weighted by Crippen LogP contribution is -2.11. The van der Waals surface area contributed by atoms with Gasteiger partial charge in [0.05, 0.1) is 11.7 Å². The molecule has 0 unspecified atom stereocenters. The van der Waals surface area contributed by atoms with Gasteiger partial charge in [-0.1, -0.05) is 18.2 Å². The highest BCUT2D eigenvalue weighted by atomic mass is 32.2. The summed E-state index contributed by atoms with van der Waals surface area (Å²) in [5.74, 6) is -3.70. The molecule has 2 heterocycles. The number of nitrogens with one attached hydrogen (secondary N) is 1. The number of fused-ring (bicyclic) bond motifs is 1. The van der Waals surface area contributed by atoms with Crippen molar-refractivity contribution in [2.24, 2.45) is 0 Å². The topological polar surface area (TPSA) is 114 Å². The summed E-state index contributed by atoms with van der Waals surface area (Å²) in [6.07, 6.45) is 3.77. The predicted octanol–water partition coefficient (Wildman–Crippen LogP) is 6.27. The maximum Gasteiger partial charge on any atom is 0.303 e. The maximum absolute atomic E-state index is 15.2. The van der Waals surface area contributed by atoms with E-state index in [1.807, 2.05) is 0 Å². The molecule has 0 amide bonds. The first kappa shape index (κ1) is 28.0. The number of nitrogens with zero attached hydrogens (tertiary/aromatic N) is 2. The van der Waals surface area contributed by atoms with Gasteiger partial charge in [0.15, 0.2) is 21.4 Å². The van der Waals surface area contributed by atoms with E-state index in [0.29, 0.717) is 0 Å². The molecule has 0 fully saturated rings. The molecule has 0 radical (unpaired) electrons. The zero-order valence-corrected chi connectivity index (χ0v) is 22.7. The minimum Gasteiger partial charge on any atom is -0.481 e. The van der Waals surface area contributed by atoms with Gasteiger partial charge in [-0.25, -0.2) is 21.6 Å². The number of carboxylic acids is 1. The fourth-order valence-electron chi connectivity index (χ4n) is 4.66. The third kappa shape index (κ3) is 5.55. The zero-order chi connectivity index (χ0) is 29.5. The first-order chi connectivity index (χ1) is 19.4. The fourth-order valence-corrected chi connectivity index (χ4v) is 5.72. The van der Waals surface area contributed by atoms with Crippen LogP contribution in [0.1, 0.15) is 30.5 Å². The molecule has 0 aliphatic heterocycles. The Balaban J connectivity index is 1.47. The number of benzene rings is 3. The molecule has 12 heteroatoms. The lowest BCUT2D eigenvalue weighted by molar-refractivity contribution is -0.136. The second-order valence-corrected chi connectivity index (χ2v) is 11.5. The fraction of sp³-hybridized carbons (Fsp3) is 0.172. The Kier molecular flexibility index (Phi) is 7.35. The molecule has 5 aromatic rings. The molecule has 0 saturated carbocycles. The number of hydrogen-bond acceptors (Lipinski definition) is 5. The third-order valence-electron chi connectivity index (χ3n) is 6.69. The van der Waals surface area contributed by atoms with Gasteiger partial charge in [0.25, 0.3) is 0 Å². The first-order valence-electron chi connectivity index (χ1n) is 12.5. The summed E-state index contributed by atoms with van der Waals surface area (Å²) in [5.41, 5.74) is 0.987. The van der Waals surface area contributed by atoms with Crippen LogP contribution in [0.2, 0.25) is 0 Å². The molecule has 41 heavy (non-hydrogen) atoms. The molecule has 0 saturated heterocycles. The SMILES string of the molecule is C[C@H](c1cccc(CCC(=O)O)c1F)n1ccc(-c2cc(Oc3c(F)cc4[nH]ccc4c3S(C)(=O)=O)ccc2F)n1. The summed E-state index contributed by atoms with van der Waals surface area (Å²) in [6.45, 7) is 1.69. The van der Waals surface area contributed by atoms with E-state index in [0.717, 1.165) is 18.4 Å². The number of carboxylic acid groups (broad SMARTS) is 1. The number of hydrogen-bond donors (Lipinski definition) is 2. The number of carbonyl (C=O) groups is 1. The standard InChI is InChI=1S/C29H24F3N3O5S/c1-16(19-5-3-4-17(27(19)32)6-9-26(36)37)35-13-11-24(34-35)21-14-18(7-8-22(21)30)40-28-23(31)15-25-20(10-12-33-25)29(28)41(2,38)39/h3-5,7-8,10-16,33H,6,9H2,1-2H3,(H,36,37)/t16-/m1/s1. The van der Waals surface area contributed by atoms with Crippen molar-refractivity contribution < 1.29 is 36.2 Å². The van der Waals surface area contributed by atoms with E-state index in [2.05, 4.69) is 10.1 Å². The number of rotatable bonds is 9. The smallest absolute Gasteiger partial charge is 0.303 e. The largest absolute Gasteiger partial charge is 0.481 e. The second-order valence-electron chi connectivity index (χ2n) is 9.54. The van der Waals surface area contributed by atoms with Gasteiger partial charge in [-0.05, 0) is 49.2 Å². The molecule has 1 atom stereocenters. The number of halogens is 3. The molecule has 0 bridgehead atoms. The first-order valence-corrected chi connectivity index (χ1v) is 14.3. The molecule has 8 nitrogen and oxygen atoms in total. The van der Waals surface area contributed by atoms with E-state index in [9.17, 15) is 17.6 Å². The van der Waals surface area contributed by atoms with Crippen LogP contribution in [-0.2, 0) is 21.1 Å². The van der Waals surface area contributed by atoms with Gasteiger partial charge in [-0.15, -0.1) is 0 Å². The van der Waals surface area contributed by atoms with Crippen LogP contribution in [0.4, 0.5) is 13.2 Å². The van der Waals surface area contributed by atoms with Gasteiger partial charge in [0, 0.05) is 53.2 Å². The molecule has 0 spiro atoms. The maximum atomic E-state index is 15.2. The minimum atomic E-state index is -3.92. The molecule has 0 aliphatic carbocycles. The van der Waals surface area contributed by atoms with Gasteiger partial charge in [-0.2, -0.15) is 5.10 Å². The molecule has 3 aromatic carbocycles. The van der Waals surface area contributed by atoms with Crippen molar-refractivity contribution in [2.45, 2.75) is 30.7 Å². The Morgan fingerprint density at radius 2 is 1.88 bits per heavy atom.